The number of likely N-dealkylation sites (tertiary alicyclic amines) is 1. The van der Waals surface area contributed by atoms with E-state index < -0.39 is 17.7 Å². The minimum absolute atomic E-state index is 0.0623. The second kappa shape index (κ2) is 8.35. The van der Waals surface area contributed by atoms with E-state index in [1.165, 1.54) is 12.3 Å². The summed E-state index contributed by atoms with van der Waals surface area (Å²) < 4.78 is 10.7. The Morgan fingerprint density at radius 3 is 2.78 bits per heavy atom. The van der Waals surface area contributed by atoms with Crippen LogP contribution >= 0.6 is 28.1 Å². The minimum atomic E-state index is -0.562. The van der Waals surface area contributed by atoms with Gasteiger partial charge in [-0.15, -0.1) is 0 Å². The first-order valence-electron chi connectivity index (χ1n) is 7.89. The number of amides is 3. The summed E-state index contributed by atoms with van der Waals surface area (Å²) in [6.07, 6.45) is 1.62. The fourth-order valence-electron chi connectivity index (χ4n) is 2.54. The van der Waals surface area contributed by atoms with Gasteiger partial charge in [0.05, 0.1) is 18.7 Å². The summed E-state index contributed by atoms with van der Waals surface area (Å²) in [4.78, 5) is 37.7. The molecule has 0 aromatic carbocycles. The van der Waals surface area contributed by atoms with Crippen molar-refractivity contribution >= 4 is 51.0 Å². The number of hydrogen-bond acceptors (Lipinski definition) is 6. The van der Waals surface area contributed by atoms with E-state index in [1.807, 2.05) is 0 Å². The number of halogens is 1. The third-order valence-electron chi connectivity index (χ3n) is 3.84. The van der Waals surface area contributed by atoms with E-state index in [2.05, 4.69) is 32.1 Å². The highest BCUT2D eigenvalue weighted by Crippen LogP contribution is 2.20. The van der Waals surface area contributed by atoms with Crippen LogP contribution in [-0.4, -0.2) is 34.3 Å². The highest BCUT2D eigenvalue weighted by atomic mass is 79.9. The first kappa shape index (κ1) is 19.1. The maximum atomic E-state index is 12.2. The fraction of sp³-hybridized carbons (Fsp3) is 0.250. The van der Waals surface area contributed by atoms with Gasteiger partial charge < -0.3 is 13.7 Å². The van der Waals surface area contributed by atoms with Crippen molar-refractivity contribution in [1.82, 2.24) is 21.1 Å². The van der Waals surface area contributed by atoms with Gasteiger partial charge in [-0.2, -0.15) is 0 Å². The summed E-state index contributed by atoms with van der Waals surface area (Å²) in [5, 5.41) is 2.27. The molecule has 1 unspecified atom stereocenters. The van der Waals surface area contributed by atoms with Crippen molar-refractivity contribution in [3.63, 3.8) is 0 Å². The third kappa shape index (κ3) is 4.95. The minimum Gasteiger partial charge on any atom is -0.467 e. The van der Waals surface area contributed by atoms with Gasteiger partial charge in [0, 0.05) is 13.0 Å². The van der Waals surface area contributed by atoms with E-state index in [4.69, 9.17) is 21.1 Å². The topological polar surface area (TPSA) is 117 Å². The number of carbonyl (C=O) groups excluding carboxylic acids is 3. The molecule has 1 aliphatic heterocycles. The molecule has 0 spiro atoms. The molecule has 1 fully saturated rings. The van der Waals surface area contributed by atoms with Crippen LogP contribution in [0.25, 0.3) is 0 Å². The first-order valence-corrected chi connectivity index (χ1v) is 9.09. The molecule has 0 bridgehead atoms. The number of hydrazine groups is 1. The van der Waals surface area contributed by atoms with Crippen LogP contribution in [0.3, 0.4) is 0 Å². The highest BCUT2D eigenvalue weighted by Gasteiger charge is 2.34. The highest BCUT2D eigenvalue weighted by molar-refractivity contribution is 9.10. The lowest BCUT2D eigenvalue weighted by Gasteiger charge is -2.15. The second-order valence-corrected chi connectivity index (χ2v) is 6.95. The van der Waals surface area contributed by atoms with Crippen LogP contribution < -0.4 is 16.2 Å². The van der Waals surface area contributed by atoms with Crippen LogP contribution in [0.2, 0.25) is 0 Å². The van der Waals surface area contributed by atoms with Crippen LogP contribution in [0.15, 0.2) is 44.0 Å². The Morgan fingerprint density at radius 1 is 1.30 bits per heavy atom. The number of furan rings is 2. The average molecular weight is 455 g/mol. The van der Waals surface area contributed by atoms with Crippen LogP contribution in [0.4, 0.5) is 0 Å². The van der Waals surface area contributed by atoms with Crippen molar-refractivity contribution in [3.05, 3.63) is 46.7 Å². The first-order chi connectivity index (χ1) is 12.9. The lowest BCUT2D eigenvalue weighted by Crippen LogP contribution is -2.50. The van der Waals surface area contributed by atoms with Gasteiger partial charge in [0.25, 0.3) is 5.91 Å². The summed E-state index contributed by atoms with van der Waals surface area (Å²) in [7, 11) is 0. The van der Waals surface area contributed by atoms with E-state index in [1.54, 1.807) is 23.1 Å². The number of carbonyl (C=O) groups is 3. The monoisotopic (exact) mass is 454 g/mol. The molecule has 11 heteroatoms. The predicted octanol–water partition coefficient (Wildman–Crippen LogP) is 1.32. The van der Waals surface area contributed by atoms with Crippen molar-refractivity contribution in [2.24, 2.45) is 5.92 Å². The summed E-state index contributed by atoms with van der Waals surface area (Å²) in [5.74, 6) is -0.913. The molecule has 9 nitrogen and oxygen atoms in total. The summed E-state index contributed by atoms with van der Waals surface area (Å²) in [6, 6.07) is 6.54. The van der Waals surface area contributed by atoms with E-state index in [0.717, 1.165) is 0 Å². The average Bonchev–Trinajstić information content (AvgIpc) is 3.36. The molecule has 142 valence electrons. The number of nitrogens with one attached hydrogen (secondary N) is 3. The molecule has 2 aromatic heterocycles. The molecule has 1 saturated heterocycles. The lowest BCUT2D eigenvalue weighted by molar-refractivity contribution is -0.129. The maximum absolute atomic E-state index is 12.2. The largest absolute Gasteiger partial charge is 0.467 e. The van der Waals surface area contributed by atoms with Crippen LogP contribution in [0.1, 0.15) is 22.7 Å². The Bertz CT molecular complexity index is 866. The Hall–Kier alpha value is -2.66. The van der Waals surface area contributed by atoms with Crippen molar-refractivity contribution in [2.75, 3.05) is 6.54 Å². The number of nitrogens with zero attached hydrogens (tertiary/aromatic N) is 1. The SMILES string of the molecule is O=C(NC(=S)NNC(=O)C1CC(=O)N(Cc2ccco2)C1)c1ccc(Br)o1. The number of thiocarbonyl (C=S) groups is 1. The Balaban J connectivity index is 1.44. The molecule has 3 amide bonds. The van der Waals surface area contributed by atoms with Gasteiger partial charge >= 0.3 is 0 Å². The van der Waals surface area contributed by atoms with Gasteiger partial charge in [-0.05, 0) is 52.4 Å². The molecule has 0 saturated carbocycles. The number of hydrogen-bond donors (Lipinski definition) is 3. The van der Waals surface area contributed by atoms with E-state index in [-0.39, 0.29) is 29.7 Å². The zero-order valence-electron chi connectivity index (χ0n) is 13.9. The standard InChI is InChI=1S/C16H15BrN4O5S/c17-12-4-3-11(26-12)15(24)18-16(27)20-19-14(23)9-6-13(22)21(7-9)8-10-2-1-5-25-10/h1-5,9H,6-8H2,(H,19,23)(H2,18,20,24,27). The van der Waals surface area contributed by atoms with Crippen LogP contribution in [0, 0.1) is 5.92 Å². The van der Waals surface area contributed by atoms with Crippen molar-refractivity contribution in [1.29, 1.82) is 0 Å². The predicted molar refractivity (Wildman–Crippen MR) is 100.0 cm³/mol. The quantitative estimate of drug-likeness (QED) is 0.470. The van der Waals surface area contributed by atoms with E-state index in [0.29, 0.717) is 17.0 Å². The molecular formula is C16H15BrN4O5S. The van der Waals surface area contributed by atoms with Gasteiger partial charge in [0.2, 0.25) is 11.8 Å². The summed E-state index contributed by atoms with van der Waals surface area (Å²) in [6.45, 7) is 0.586. The molecule has 1 aliphatic rings. The van der Waals surface area contributed by atoms with Crippen molar-refractivity contribution in [3.8, 4) is 0 Å². The zero-order chi connectivity index (χ0) is 19.4. The molecule has 0 radical (unpaired) electrons. The Kier molecular flexibility index (Phi) is 5.91. The van der Waals surface area contributed by atoms with Crippen LogP contribution in [-0.2, 0) is 16.1 Å². The summed E-state index contributed by atoms with van der Waals surface area (Å²) >= 11 is 8.05. The molecule has 0 aliphatic carbocycles. The fourth-order valence-corrected chi connectivity index (χ4v) is 2.99. The molecular weight excluding hydrogens is 440 g/mol. The maximum Gasteiger partial charge on any atom is 0.293 e. The van der Waals surface area contributed by atoms with E-state index >= 15 is 0 Å². The second-order valence-electron chi connectivity index (χ2n) is 5.76. The third-order valence-corrected chi connectivity index (χ3v) is 4.47. The number of rotatable bonds is 4. The van der Waals surface area contributed by atoms with E-state index in [9.17, 15) is 14.4 Å². The molecule has 1 atom stereocenters. The van der Waals surface area contributed by atoms with Crippen molar-refractivity contribution in [2.45, 2.75) is 13.0 Å². The Morgan fingerprint density at radius 2 is 2.11 bits per heavy atom. The molecule has 2 aromatic rings. The normalized spacial score (nSPS) is 16.3. The summed E-state index contributed by atoms with van der Waals surface area (Å²) in [5.41, 5.74) is 4.84. The van der Waals surface area contributed by atoms with Crippen molar-refractivity contribution < 1.29 is 23.2 Å². The van der Waals surface area contributed by atoms with Crippen LogP contribution in [0.5, 0.6) is 0 Å². The van der Waals surface area contributed by atoms with Gasteiger partial charge in [-0.3, -0.25) is 30.6 Å². The molecule has 3 rings (SSSR count). The smallest absolute Gasteiger partial charge is 0.293 e. The van der Waals surface area contributed by atoms with Gasteiger partial charge in [-0.1, -0.05) is 0 Å². The zero-order valence-corrected chi connectivity index (χ0v) is 16.3. The Labute approximate surface area is 167 Å². The van der Waals surface area contributed by atoms with Gasteiger partial charge in [0.1, 0.15) is 5.76 Å². The van der Waals surface area contributed by atoms with Gasteiger partial charge in [0.15, 0.2) is 15.5 Å². The lowest BCUT2D eigenvalue weighted by atomic mass is 10.1. The molecule has 27 heavy (non-hydrogen) atoms. The molecule has 3 N–H and O–H groups in total. The molecule has 3 heterocycles. The van der Waals surface area contributed by atoms with Gasteiger partial charge in [-0.25, -0.2) is 0 Å².